The lowest BCUT2D eigenvalue weighted by molar-refractivity contribution is -0.128. The van der Waals surface area contributed by atoms with Crippen molar-refractivity contribution in [3.05, 3.63) is 29.8 Å². The predicted octanol–water partition coefficient (Wildman–Crippen LogP) is 1.85. The van der Waals surface area contributed by atoms with Crippen molar-refractivity contribution in [2.45, 2.75) is 27.3 Å². The van der Waals surface area contributed by atoms with Gasteiger partial charge in [0.25, 0.3) is 0 Å². The molecule has 0 aliphatic carbocycles. The lowest BCUT2D eigenvalue weighted by Crippen LogP contribution is -2.30. The van der Waals surface area contributed by atoms with Crippen LogP contribution >= 0.6 is 0 Å². The summed E-state index contributed by atoms with van der Waals surface area (Å²) < 4.78 is 0. The van der Waals surface area contributed by atoms with Crippen molar-refractivity contribution in [2.24, 2.45) is 5.92 Å². The number of rotatable bonds is 7. The molecule has 1 atom stereocenters. The molecule has 1 rings (SSSR count). The molecular formula is C16H25N3O2. The average molecular weight is 291 g/mol. The number of hydrogen-bond donors (Lipinski definition) is 2. The van der Waals surface area contributed by atoms with Gasteiger partial charge in [0.2, 0.25) is 11.8 Å². The maximum Gasteiger partial charge on any atom is 0.228 e. The Morgan fingerprint density at radius 3 is 2.67 bits per heavy atom. The first kappa shape index (κ1) is 17.2. The van der Waals surface area contributed by atoms with Crippen LogP contribution in [-0.4, -0.2) is 36.9 Å². The van der Waals surface area contributed by atoms with Crippen molar-refractivity contribution < 1.29 is 9.59 Å². The second-order valence-corrected chi connectivity index (χ2v) is 5.27. The molecule has 0 saturated carbocycles. The molecular weight excluding hydrogens is 266 g/mol. The van der Waals surface area contributed by atoms with Crippen LogP contribution in [0.25, 0.3) is 0 Å². The molecule has 2 N–H and O–H groups in total. The summed E-state index contributed by atoms with van der Waals surface area (Å²) in [6.07, 6.45) is 0. The molecule has 5 nitrogen and oxygen atoms in total. The molecule has 0 bridgehead atoms. The third-order valence-corrected chi connectivity index (χ3v) is 3.30. The molecule has 1 aromatic rings. The van der Waals surface area contributed by atoms with Crippen molar-refractivity contribution in [1.29, 1.82) is 0 Å². The van der Waals surface area contributed by atoms with Gasteiger partial charge in [-0.1, -0.05) is 26.0 Å². The van der Waals surface area contributed by atoms with E-state index in [1.165, 1.54) is 6.92 Å². The van der Waals surface area contributed by atoms with Crippen LogP contribution < -0.4 is 10.6 Å². The van der Waals surface area contributed by atoms with E-state index in [4.69, 9.17) is 0 Å². The minimum atomic E-state index is -0.0894. The highest BCUT2D eigenvalue weighted by atomic mass is 16.2. The molecule has 0 fully saturated rings. The van der Waals surface area contributed by atoms with E-state index in [1.54, 1.807) is 11.9 Å². The Morgan fingerprint density at radius 1 is 1.33 bits per heavy atom. The molecule has 1 aromatic carbocycles. The smallest absolute Gasteiger partial charge is 0.228 e. The van der Waals surface area contributed by atoms with Gasteiger partial charge in [-0.2, -0.15) is 0 Å². The second-order valence-electron chi connectivity index (χ2n) is 5.27. The lowest BCUT2D eigenvalue weighted by Gasteiger charge is -2.16. The molecule has 0 aliphatic rings. The summed E-state index contributed by atoms with van der Waals surface area (Å²) in [5.41, 5.74) is 1.75. The number of benzene rings is 1. The molecule has 21 heavy (non-hydrogen) atoms. The zero-order valence-electron chi connectivity index (χ0n) is 13.3. The predicted molar refractivity (Wildman–Crippen MR) is 84.9 cm³/mol. The van der Waals surface area contributed by atoms with Gasteiger partial charge in [0.15, 0.2) is 0 Å². The number of nitrogens with one attached hydrogen (secondary N) is 2. The van der Waals surface area contributed by atoms with Crippen molar-refractivity contribution in [2.75, 3.05) is 25.5 Å². The summed E-state index contributed by atoms with van der Waals surface area (Å²) in [5, 5.41) is 6.07. The molecule has 0 radical (unpaired) electrons. The first-order chi connectivity index (χ1) is 9.93. The minimum absolute atomic E-state index is 0.00646. The maximum absolute atomic E-state index is 12.0. The summed E-state index contributed by atoms with van der Waals surface area (Å²) in [6, 6.07) is 7.58. The molecule has 5 heteroatoms. The zero-order chi connectivity index (χ0) is 15.8. The number of carbonyl (C=O) groups excluding carboxylic acids is 2. The van der Waals surface area contributed by atoms with Gasteiger partial charge in [-0.05, 0) is 24.2 Å². The first-order valence-corrected chi connectivity index (χ1v) is 7.26. The minimum Gasteiger partial charge on any atom is -0.342 e. The maximum atomic E-state index is 12.0. The van der Waals surface area contributed by atoms with Gasteiger partial charge >= 0.3 is 0 Å². The number of hydrogen-bond acceptors (Lipinski definition) is 3. The van der Waals surface area contributed by atoms with Crippen LogP contribution in [0.2, 0.25) is 0 Å². The Bertz CT molecular complexity index is 488. The molecule has 0 aromatic heterocycles. The van der Waals surface area contributed by atoms with E-state index in [2.05, 4.69) is 10.6 Å². The Morgan fingerprint density at radius 2 is 2.05 bits per heavy atom. The zero-order valence-corrected chi connectivity index (χ0v) is 13.3. The van der Waals surface area contributed by atoms with E-state index < -0.39 is 0 Å². The molecule has 1 unspecified atom stereocenters. The van der Waals surface area contributed by atoms with E-state index in [0.29, 0.717) is 13.1 Å². The van der Waals surface area contributed by atoms with Gasteiger partial charge < -0.3 is 15.5 Å². The van der Waals surface area contributed by atoms with E-state index in [0.717, 1.165) is 17.8 Å². The van der Waals surface area contributed by atoms with Crippen LogP contribution in [0.4, 0.5) is 5.69 Å². The Labute approximate surface area is 126 Å². The highest BCUT2D eigenvalue weighted by Gasteiger charge is 2.12. The monoisotopic (exact) mass is 291 g/mol. The van der Waals surface area contributed by atoms with E-state index in [-0.39, 0.29) is 17.7 Å². The van der Waals surface area contributed by atoms with Crippen molar-refractivity contribution in [3.63, 3.8) is 0 Å². The number of anilines is 1. The fourth-order valence-corrected chi connectivity index (χ4v) is 1.85. The molecule has 2 amide bonds. The van der Waals surface area contributed by atoms with Crippen LogP contribution in [0.5, 0.6) is 0 Å². The van der Waals surface area contributed by atoms with Crippen LogP contribution in [0.3, 0.4) is 0 Å². The fourth-order valence-electron chi connectivity index (χ4n) is 1.85. The Hall–Kier alpha value is -1.88. The third kappa shape index (κ3) is 5.95. The fraction of sp³-hybridized carbons (Fsp3) is 0.500. The van der Waals surface area contributed by atoms with Crippen LogP contribution in [0.15, 0.2) is 24.3 Å². The Balaban J connectivity index is 2.63. The average Bonchev–Trinajstić information content (AvgIpc) is 2.44. The first-order valence-electron chi connectivity index (χ1n) is 7.26. The summed E-state index contributed by atoms with van der Waals surface area (Å²) in [7, 11) is 1.76. The summed E-state index contributed by atoms with van der Waals surface area (Å²) >= 11 is 0. The highest BCUT2D eigenvalue weighted by molar-refractivity contribution is 5.92. The lowest BCUT2D eigenvalue weighted by atomic mass is 10.1. The third-order valence-electron chi connectivity index (χ3n) is 3.30. The molecule has 0 saturated heterocycles. The number of carbonyl (C=O) groups is 2. The summed E-state index contributed by atoms with van der Waals surface area (Å²) in [6.45, 7) is 7.49. The van der Waals surface area contributed by atoms with Gasteiger partial charge in [-0.25, -0.2) is 0 Å². The van der Waals surface area contributed by atoms with Crippen molar-refractivity contribution in [1.82, 2.24) is 10.2 Å². The van der Waals surface area contributed by atoms with Gasteiger partial charge in [-0.3, -0.25) is 9.59 Å². The number of amides is 2. The van der Waals surface area contributed by atoms with E-state index >= 15 is 0 Å². The number of nitrogens with zero attached hydrogens (tertiary/aromatic N) is 1. The van der Waals surface area contributed by atoms with Gasteiger partial charge in [0, 0.05) is 38.7 Å². The van der Waals surface area contributed by atoms with Gasteiger partial charge in [-0.15, -0.1) is 0 Å². The highest BCUT2D eigenvalue weighted by Crippen LogP contribution is 2.13. The topological polar surface area (TPSA) is 61.4 Å². The standard InChI is InChI=1S/C16H25N3O2/c1-5-17-10-12(2)16(21)18-15-8-6-7-14(9-15)11-19(4)13(3)20/h6-9,12,17H,5,10-11H2,1-4H3,(H,18,21). The van der Waals surface area contributed by atoms with Crippen LogP contribution in [0, 0.1) is 5.92 Å². The van der Waals surface area contributed by atoms with Crippen molar-refractivity contribution in [3.8, 4) is 0 Å². The SMILES string of the molecule is CCNCC(C)C(=O)Nc1cccc(CN(C)C(C)=O)c1. The second kappa shape index (κ2) is 8.42. The normalized spacial score (nSPS) is 11.8. The van der Waals surface area contributed by atoms with Gasteiger partial charge in [0.1, 0.15) is 0 Å². The quantitative estimate of drug-likeness (QED) is 0.806. The Kier molecular flexibility index (Phi) is 6.88. The summed E-state index contributed by atoms with van der Waals surface area (Å²) in [5.74, 6) is -0.0785. The van der Waals surface area contributed by atoms with Gasteiger partial charge in [0.05, 0.1) is 0 Å². The van der Waals surface area contributed by atoms with E-state index in [9.17, 15) is 9.59 Å². The van der Waals surface area contributed by atoms with Crippen molar-refractivity contribution >= 4 is 17.5 Å². The van der Waals surface area contributed by atoms with Crippen LogP contribution in [-0.2, 0) is 16.1 Å². The summed E-state index contributed by atoms with van der Waals surface area (Å²) in [4.78, 5) is 24.9. The molecule has 0 heterocycles. The molecule has 0 spiro atoms. The molecule has 116 valence electrons. The molecule has 0 aliphatic heterocycles. The van der Waals surface area contributed by atoms with Crippen LogP contribution in [0.1, 0.15) is 26.3 Å². The largest absolute Gasteiger partial charge is 0.342 e. The van der Waals surface area contributed by atoms with E-state index in [1.807, 2.05) is 38.1 Å².